The van der Waals surface area contributed by atoms with Gasteiger partial charge in [-0.05, 0) is 49.2 Å². The summed E-state index contributed by atoms with van der Waals surface area (Å²) in [6, 6.07) is 9.98. The van der Waals surface area contributed by atoms with Crippen LogP contribution in [0.15, 0.2) is 54.9 Å². The van der Waals surface area contributed by atoms with Gasteiger partial charge >= 0.3 is 6.03 Å². The van der Waals surface area contributed by atoms with Crippen molar-refractivity contribution in [3.8, 4) is 11.6 Å². The van der Waals surface area contributed by atoms with E-state index in [4.69, 9.17) is 9.47 Å². The summed E-state index contributed by atoms with van der Waals surface area (Å²) in [5.74, 6) is -2.34. The lowest BCUT2D eigenvalue weighted by molar-refractivity contribution is -0.131. The third kappa shape index (κ3) is 6.09. The number of benzene rings is 2. The molecule has 1 saturated carbocycles. The molecule has 202 valence electrons. The molecule has 4 amide bonds. The number of nitrogens with zero attached hydrogens (tertiary/aromatic N) is 3. The number of hydrogen-bond acceptors (Lipinski definition) is 7. The smallest absolute Gasteiger partial charge is 0.323 e. The van der Waals surface area contributed by atoms with Gasteiger partial charge in [0.05, 0.1) is 13.2 Å². The SMILES string of the molecule is O=C(Nc1cc(Oc2ccc(NC(=O)C3(C(=O)Nc4ccc(F)cc4)CC3)cc2F)ncn1)N1CCOCC1. The molecule has 39 heavy (non-hydrogen) atoms. The number of halogens is 2. The Balaban J connectivity index is 1.19. The van der Waals surface area contributed by atoms with Crippen LogP contribution < -0.4 is 20.7 Å². The van der Waals surface area contributed by atoms with Crippen LogP contribution in [0.2, 0.25) is 0 Å². The van der Waals surface area contributed by atoms with Gasteiger partial charge < -0.3 is 25.0 Å². The molecular formula is C26H24F2N6O5. The van der Waals surface area contributed by atoms with E-state index in [1.807, 2.05) is 0 Å². The van der Waals surface area contributed by atoms with E-state index in [1.54, 1.807) is 4.90 Å². The van der Waals surface area contributed by atoms with Crippen LogP contribution in [-0.2, 0) is 14.3 Å². The third-order valence-corrected chi connectivity index (χ3v) is 6.30. The van der Waals surface area contributed by atoms with E-state index in [2.05, 4.69) is 25.9 Å². The van der Waals surface area contributed by atoms with E-state index < -0.39 is 28.9 Å². The molecule has 0 bridgehead atoms. The zero-order chi connectivity index (χ0) is 27.4. The number of nitrogens with one attached hydrogen (secondary N) is 3. The van der Waals surface area contributed by atoms with Gasteiger partial charge in [0.25, 0.3) is 0 Å². The van der Waals surface area contributed by atoms with Crippen molar-refractivity contribution in [3.63, 3.8) is 0 Å². The van der Waals surface area contributed by atoms with Crippen molar-refractivity contribution in [1.82, 2.24) is 14.9 Å². The molecule has 0 atom stereocenters. The summed E-state index contributed by atoms with van der Waals surface area (Å²) in [6.07, 6.45) is 1.82. The monoisotopic (exact) mass is 538 g/mol. The molecule has 2 aromatic carbocycles. The minimum Gasteiger partial charge on any atom is -0.436 e. The number of ether oxygens (including phenoxy) is 2. The molecule has 2 heterocycles. The van der Waals surface area contributed by atoms with E-state index in [0.29, 0.717) is 44.8 Å². The molecule has 0 unspecified atom stereocenters. The molecule has 2 fully saturated rings. The standard InChI is InChI=1S/C26H24F2N6O5/c27-16-1-3-17(4-2-16)31-23(35)26(7-8-26)24(36)32-18-5-6-20(19(28)13-18)39-22-14-21(29-15-30-22)33-25(37)34-9-11-38-12-10-34/h1-6,13-15H,7-12H2,(H,31,35)(H,32,36)(H,29,30,33,37). The Labute approximate surface area is 221 Å². The van der Waals surface area contributed by atoms with E-state index in [9.17, 15) is 23.2 Å². The average Bonchev–Trinajstić information content (AvgIpc) is 3.75. The van der Waals surface area contributed by atoms with Gasteiger partial charge in [-0.2, -0.15) is 0 Å². The van der Waals surface area contributed by atoms with Gasteiger partial charge in [0.1, 0.15) is 23.4 Å². The van der Waals surface area contributed by atoms with Crippen LogP contribution in [0.25, 0.3) is 0 Å². The highest BCUT2D eigenvalue weighted by Crippen LogP contribution is 2.47. The maximum absolute atomic E-state index is 14.8. The summed E-state index contributed by atoms with van der Waals surface area (Å²) in [5.41, 5.74) is -0.795. The summed E-state index contributed by atoms with van der Waals surface area (Å²) in [4.78, 5) is 47.5. The Morgan fingerprint density at radius 2 is 1.54 bits per heavy atom. The van der Waals surface area contributed by atoms with Gasteiger partial charge in [-0.3, -0.25) is 14.9 Å². The van der Waals surface area contributed by atoms with Gasteiger partial charge in [-0.15, -0.1) is 0 Å². The molecule has 11 nitrogen and oxygen atoms in total. The normalized spacial score (nSPS) is 15.7. The first kappa shape index (κ1) is 26.0. The lowest BCUT2D eigenvalue weighted by Gasteiger charge is -2.26. The molecule has 1 aliphatic heterocycles. The minimum absolute atomic E-state index is 0.00707. The number of amides is 4. The Hall–Kier alpha value is -4.65. The number of aromatic nitrogens is 2. The van der Waals surface area contributed by atoms with Crippen molar-refractivity contribution in [2.75, 3.05) is 42.3 Å². The predicted molar refractivity (Wildman–Crippen MR) is 135 cm³/mol. The zero-order valence-electron chi connectivity index (χ0n) is 20.6. The second-order valence-electron chi connectivity index (χ2n) is 9.02. The molecule has 1 saturated heterocycles. The number of carbonyl (C=O) groups excluding carboxylic acids is 3. The molecule has 0 radical (unpaired) electrons. The number of carbonyl (C=O) groups is 3. The van der Waals surface area contributed by atoms with E-state index in [1.165, 1.54) is 48.8 Å². The predicted octanol–water partition coefficient (Wildman–Crippen LogP) is 3.77. The van der Waals surface area contributed by atoms with Crippen LogP contribution in [0.5, 0.6) is 11.6 Å². The summed E-state index contributed by atoms with van der Waals surface area (Å²) in [7, 11) is 0. The van der Waals surface area contributed by atoms with Gasteiger partial charge in [-0.25, -0.2) is 23.5 Å². The number of rotatable bonds is 7. The Morgan fingerprint density at radius 1 is 0.872 bits per heavy atom. The summed E-state index contributed by atoms with van der Waals surface area (Å²) < 4.78 is 38.7. The maximum Gasteiger partial charge on any atom is 0.323 e. The Bertz CT molecular complexity index is 1390. The average molecular weight is 539 g/mol. The van der Waals surface area contributed by atoms with E-state index >= 15 is 0 Å². The number of anilines is 3. The highest BCUT2D eigenvalue weighted by molar-refractivity contribution is 6.16. The molecule has 1 aliphatic carbocycles. The zero-order valence-corrected chi connectivity index (χ0v) is 20.6. The van der Waals surface area contributed by atoms with E-state index in [-0.39, 0.29) is 29.2 Å². The van der Waals surface area contributed by atoms with Crippen LogP contribution in [0.3, 0.4) is 0 Å². The summed E-state index contributed by atoms with van der Waals surface area (Å²) >= 11 is 0. The molecule has 13 heteroatoms. The first-order valence-electron chi connectivity index (χ1n) is 12.1. The van der Waals surface area contributed by atoms with Crippen molar-refractivity contribution in [1.29, 1.82) is 0 Å². The minimum atomic E-state index is -1.29. The lowest BCUT2D eigenvalue weighted by atomic mass is 10.0. The number of hydrogen-bond donors (Lipinski definition) is 3. The highest BCUT2D eigenvalue weighted by Gasteiger charge is 2.56. The fourth-order valence-corrected chi connectivity index (χ4v) is 3.91. The molecule has 3 aromatic rings. The van der Waals surface area contributed by atoms with Crippen LogP contribution in [0.4, 0.5) is 30.8 Å². The van der Waals surface area contributed by atoms with Crippen LogP contribution >= 0.6 is 0 Å². The van der Waals surface area contributed by atoms with E-state index in [0.717, 1.165) is 6.07 Å². The first-order valence-corrected chi connectivity index (χ1v) is 12.1. The molecule has 3 N–H and O–H groups in total. The van der Waals surface area contributed by atoms with Crippen LogP contribution in [0.1, 0.15) is 12.8 Å². The molecule has 0 spiro atoms. The van der Waals surface area contributed by atoms with Gasteiger partial charge in [0.2, 0.25) is 17.7 Å². The lowest BCUT2D eigenvalue weighted by Crippen LogP contribution is -2.43. The maximum atomic E-state index is 14.8. The molecule has 1 aromatic heterocycles. The second-order valence-corrected chi connectivity index (χ2v) is 9.02. The van der Waals surface area contributed by atoms with Crippen molar-refractivity contribution in [2.45, 2.75) is 12.8 Å². The quantitative estimate of drug-likeness (QED) is 0.390. The van der Waals surface area contributed by atoms with Crippen LogP contribution in [0, 0.1) is 17.0 Å². The third-order valence-electron chi connectivity index (χ3n) is 6.30. The van der Waals surface area contributed by atoms with Gasteiger partial charge in [0, 0.05) is 36.6 Å². The highest BCUT2D eigenvalue weighted by atomic mass is 19.1. The topological polar surface area (TPSA) is 135 Å². The fourth-order valence-electron chi connectivity index (χ4n) is 3.91. The molecule has 2 aliphatic rings. The van der Waals surface area contributed by atoms with Crippen molar-refractivity contribution >= 4 is 35.0 Å². The fraction of sp³-hybridized carbons (Fsp3) is 0.269. The number of morpholine rings is 1. The van der Waals surface area contributed by atoms with Crippen molar-refractivity contribution < 1.29 is 32.6 Å². The Morgan fingerprint density at radius 3 is 2.21 bits per heavy atom. The van der Waals surface area contributed by atoms with Gasteiger partial charge in [0.15, 0.2) is 11.6 Å². The largest absolute Gasteiger partial charge is 0.436 e. The van der Waals surface area contributed by atoms with Crippen LogP contribution in [-0.4, -0.2) is 59.0 Å². The van der Waals surface area contributed by atoms with Crippen molar-refractivity contribution in [3.05, 3.63) is 66.5 Å². The summed E-state index contributed by atoms with van der Waals surface area (Å²) in [6.45, 7) is 1.81. The molecule has 5 rings (SSSR count). The van der Waals surface area contributed by atoms with Crippen molar-refractivity contribution in [2.24, 2.45) is 5.41 Å². The molecular weight excluding hydrogens is 514 g/mol. The van der Waals surface area contributed by atoms with Gasteiger partial charge in [-0.1, -0.05) is 0 Å². The Kier molecular flexibility index (Phi) is 7.32. The number of urea groups is 1. The second kappa shape index (κ2) is 11.0. The first-order chi connectivity index (χ1) is 18.8. The summed E-state index contributed by atoms with van der Waals surface area (Å²) in [5, 5.41) is 7.83.